The first-order valence-corrected chi connectivity index (χ1v) is 26.6. The third-order valence-corrected chi connectivity index (χ3v) is 12.4. The van der Waals surface area contributed by atoms with Crippen molar-refractivity contribution in [3.8, 4) is 0 Å². The lowest BCUT2D eigenvalue weighted by Gasteiger charge is -2.41. The second-order valence-electron chi connectivity index (χ2n) is 17.3. The minimum absolute atomic E-state index is 0.106. The number of esters is 1. The van der Waals surface area contributed by atoms with Crippen molar-refractivity contribution in [3.63, 3.8) is 0 Å². The summed E-state index contributed by atoms with van der Waals surface area (Å²) in [6.45, 7) is 4.06. The molecular weight excluding hydrogens is 836 g/mol. The molecule has 13 heteroatoms. The normalized spacial score (nSPS) is 22.2. The smallest absolute Gasteiger partial charge is 0.457 e. The molecule has 0 aromatic heterocycles. The molecule has 1 rings (SSSR count). The zero-order valence-corrected chi connectivity index (χ0v) is 40.7. The van der Waals surface area contributed by atoms with Gasteiger partial charge in [-0.2, -0.15) is 0 Å². The van der Waals surface area contributed by atoms with Gasteiger partial charge in [-0.1, -0.05) is 190 Å². The van der Waals surface area contributed by atoms with Gasteiger partial charge >= 0.3 is 13.8 Å². The lowest BCUT2D eigenvalue weighted by Crippen LogP contribution is -2.64. The van der Waals surface area contributed by atoms with E-state index in [0.29, 0.717) is 13.0 Å². The van der Waals surface area contributed by atoms with E-state index in [4.69, 9.17) is 18.5 Å². The van der Waals surface area contributed by atoms with Crippen molar-refractivity contribution in [2.75, 3.05) is 19.8 Å². The van der Waals surface area contributed by atoms with Crippen molar-refractivity contribution >= 4 is 13.8 Å². The number of aliphatic hydroxyl groups is 5. The molecule has 0 aliphatic heterocycles. The average molecular weight is 927 g/mol. The van der Waals surface area contributed by atoms with Crippen molar-refractivity contribution in [2.45, 2.75) is 236 Å². The van der Waals surface area contributed by atoms with Crippen LogP contribution in [0.2, 0.25) is 0 Å². The molecule has 0 aromatic carbocycles. The summed E-state index contributed by atoms with van der Waals surface area (Å²) in [6.07, 6.45) is 40.1. The summed E-state index contributed by atoms with van der Waals surface area (Å²) in [5, 5.41) is 50.3. The number of carbonyl (C=O) groups is 1. The molecule has 0 spiro atoms. The van der Waals surface area contributed by atoms with Gasteiger partial charge < -0.3 is 39.9 Å². The van der Waals surface area contributed by atoms with E-state index in [2.05, 4.69) is 74.6 Å². The maximum Gasteiger partial charge on any atom is 0.472 e. The molecule has 12 nitrogen and oxygen atoms in total. The Hall–Kier alpha value is -1.96. The Kier molecular flexibility index (Phi) is 38.7. The summed E-state index contributed by atoms with van der Waals surface area (Å²) in [5.74, 6) is -0.491. The summed E-state index contributed by atoms with van der Waals surface area (Å²) in [5.41, 5.74) is 0. The number of hydrogen-bond acceptors (Lipinski definition) is 11. The minimum Gasteiger partial charge on any atom is -0.457 e. The fraction of sp³-hybridized carbons (Fsp3) is 0.784. The van der Waals surface area contributed by atoms with Gasteiger partial charge in [0.1, 0.15) is 42.7 Å². The molecule has 6 N–H and O–H groups in total. The maximum atomic E-state index is 12.8. The Morgan fingerprint density at radius 1 is 0.516 bits per heavy atom. The molecule has 64 heavy (non-hydrogen) atoms. The summed E-state index contributed by atoms with van der Waals surface area (Å²) in [4.78, 5) is 23.2. The first kappa shape index (κ1) is 60.1. The van der Waals surface area contributed by atoms with E-state index in [1.165, 1.54) is 96.3 Å². The van der Waals surface area contributed by atoms with E-state index in [-0.39, 0.29) is 13.0 Å². The Morgan fingerprint density at radius 2 is 0.922 bits per heavy atom. The molecule has 1 aliphatic carbocycles. The van der Waals surface area contributed by atoms with Gasteiger partial charge in [-0.3, -0.25) is 13.8 Å². The molecule has 0 saturated heterocycles. The zero-order chi connectivity index (χ0) is 46.9. The second-order valence-corrected chi connectivity index (χ2v) is 18.7. The van der Waals surface area contributed by atoms with E-state index in [1.54, 1.807) is 0 Å². The number of carbonyl (C=O) groups excluding carboxylic acids is 1. The average Bonchev–Trinajstić information content (AvgIpc) is 3.28. The Bertz CT molecular complexity index is 1290. The fourth-order valence-corrected chi connectivity index (χ4v) is 8.41. The highest BCUT2D eigenvalue weighted by Crippen LogP contribution is 2.47. The molecule has 0 aromatic rings. The number of ether oxygens (including phenoxy) is 2. The van der Waals surface area contributed by atoms with Crippen LogP contribution < -0.4 is 0 Å². The molecule has 6 atom stereocenters. The first-order chi connectivity index (χ1) is 31.0. The number of phosphoric ester groups is 1. The van der Waals surface area contributed by atoms with E-state index < -0.39 is 63.1 Å². The predicted octanol–water partition coefficient (Wildman–Crippen LogP) is 11.0. The summed E-state index contributed by atoms with van der Waals surface area (Å²) >= 11 is 0. The van der Waals surface area contributed by atoms with Crippen LogP contribution in [0.5, 0.6) is 0 Å². The summed E-state index contributed by atoms with van der Waals surface area (Å²) in [6, 6.07) is 0. The largest absolute Gasteiger partial charge is 0.472 e. The van der Waals surface area contributed by atoms with Crippen LogP contribution in [0.1, 0.15) is 194 Å². The number of hydrogen-bond donors (Lipinski definition) is 6. The van der Waals surface area contributed by atoms with Crippen LogP contribution in [0.25, 0.3) is 0 Å². The first-order valence-electron chi connectivity index (χ1n) is 25.1. The SMILES string of the molecule is CC/C=C\C/C=C\C/C=C\C/C=C\C/C=C\CCCCOCC(COP(=O)(O)OC1C(O)C(O)C(O)C(O)C1O)OC(=O)CCCCCCCCCCCCCCCCCCCCC. The van der Waals surface area contributed by atoms with Gasteiger partial charge in [0.25, 0.3) is 0 Å². The highest BCUT2D eigenvalue weighted by Gasteiger charge is 2.51. The van der Waals surface area contributed by atoms with Crippen LogP contribution in [-0.2, 0) is 27.9 Å². The van der Waals surface area contributed by atoms with Gasteiger partial charge in [0.15, 0.2) is 0 Å². The molecule has 1 fully saturated rings. The van der Waals surface area contributed by atoms with Crippen LogP contribution in [0.3, 0.4) is 0 Å². The lowest BCUT2D eigenvalue weighted by atomic mass is 9.85. The Labute approximate surface area is 387 Å². The maximum absolute atomic E-state index is 12.8. The Balaban J connectivity index is 2.39. The highest BCUT2D eigenvalue weighted by molar-refractivity contribution is 7.47. The summed E-state index contributed by atoms with van der Waals surface area (Å²) in [7, 11) is -5.03. The number of phosphoric acid groups is 1. The quantitative estimate of drug-likeness (QED) is 0.0147. The van der Waals surface area contributed by atoms with Crippen molar-refractivity contribution in [2.24, 2.45) is 0 Å². The topological polar surface area (TPSA) is 192 Å². The van der Waals surface area contributed by atoms with Gasteiger partial charge in [0.05, 0.1) is 13.2 Å². The van der Waals surface area contributed by atoms with Gasteiger partial charge in [0.2, 0.25) is 0 Å². The van der Waals surface area contributed by atoms with Crippen molar-refractivity contribution in [3.05, 3.63) is 60.8 Å². The van der Waals surface area contributed by atoms with Crippen LogP contribution in [0.15, 0.2) is 60.8 Å². The van der Waals surface area contributed by atoms with Crippen LogP contribution in [-0.4, -0.2) is 98.9 Å². The van der Waals surface area contributed by atoms with Gasteiger partial charge in [0, 0.05) is 13.0 Å². The molecule has 1 saturated carbocycles. The minimum atomic E-state index is -5.03. The number of unbranched alkanes of at least 4 members (excludes halogenated alkanes) is 20. The fourth-order valence-electron chi connectivity index (χ4n) is 7.44. The molecule has 0 radical (unpaired) electrons. The molecular formula is C51H91O12P. The van der Waals surface area contributed by atoms with Crippen molar-refractivity contribution in [1.82, 2.24) is 0 Å². The van der Waals surface area contributed by atoms with Crippen LogP contribution in [0.4, 0.5) is 0 Å². The predicted molar refractivity (Wildman–Crippen MR) is 258 cm³/mol. The third kappa shape index (κ3) is 32.7. The standard InChI is InChI=1S/C51H91O12P/c1-3-5-7-9-11-13-15-17-19-21-23-24-26-28-30-32-34-36-38-40-45(52)62-44(43-61-64(58,59)63-51-49(56)47(54)46(53)48(55)50(51)57)42-60-41-39-37-35-33-31-29-27-25-22-20-18-16-14-12-10-8-6-4-2/h6,8,12,14,18,20,25,27,31,33,44,46-51,53-57H,3-5,7,9-11,13,15-17,19,21-24,26,28-30,32,34-43H2,1-2H3,(H,58,59)/b8-6-,14-12-,20-18-,27-25-,33-31-. The molecule has 6 unspecified atom stereocenters. The van der Waals surface area contributed by atoms with E-state index >= 15 is 0 Å². The molecule has 0 bridgehead atoms. The molecule has 0 heterocycles. The molecule has 1 aliphatic rings. The number of rotatable bonds is 42. The zero-order valence-electron chi connectivity index (χ0n) is 39.8. The van der Waals surface area contributed by atoms with E-state index in [1.807, 2.05) is 0 Å². The van der Waals surface area contributed by atoms with Crippen molar-refractivity contribution in [1.29, 1.82) is 0 Å². The number of allylic oxidation sites excluding steroid dienone is 10. The summed E-state index contributed by atoms with van der Waals surface area (Å²) < 4.78 is 34.2. The van der Waals surface area contributed by atoms with Gasteiger partial charge in [-0.15, -0.1) is 0 Å². The van der Waals surface area contributed by atoms with E-state index in [0.717, 1.165) is 70.6 Å². The Morgan fingerprint density at radius 3 is 1.38 bits per heavy atom. The second kappa shape index (κ2) is 41.2. The van der Waals surface area contributed by atoms with Crippen molar-refractivity contribution < 1.29 is 58.3 Å². The van der Waals surface area contributed by atoms with Gasteiger partial charge in [-0.25, -0.2) is 4.57 Å². The molecule has 0 amide bonds. The lowest BCUT2D eigenvalue weighted by molar-refractivity contribution is -0.220. The number of aliphatic hydroxyl groups excluding tert-OH is 5. The monoisotopic (exact) mass is 927 g/mol. The van der Waals surface area contributed by atoms with Crippen LogP contribution >= 0.6 is 7.82 Å². The molecule has 372 valence electrons. The van der Waals surface area contributed by atoms with E-state index in [9.17, 15) is 39.8 Å². The van der Waals surface area contributed by atoms with Gasteiger partial charge in [-0.05, 0) is 57.8 Å². The van der Waals surface area contributed by atoms with Crippen LogP contribution in [0, 0.1) is 0 Å². The highest BCUT2D eigenvalue weighted by atomic mass is 31.2. The third-order valence-electron chi connectivity index (χ3n) is 11.4.